The molecule has 0 aromatic heterocycles. The van der Waals surface area contributed by atoms with Gasteiger partial charge in [0.2, 0.25) is 0 Å². The second-order valence-electron chi connectivity index (χ2n) is 2.85. The summed E-state index contributed by atoms with van der Waals surface area (Å²) in [5, 5.41) is 0. The average molecular weight is 154 g/mol. The Morgan fingerprint density at radius 3 is 2.64 bits per heavy atom. The van der Waals surface area contributed by atoms with Crippen molar-refractivity contribution in [3.8, 4) is 12.3 Å². The van der Waals surface area contributed by atoms with Gasteiger partial charge in [-0.25, -0.2) is 0 Å². The summed E-state index contributed by atoms with van der Waals surface area (Å²) in [5.41, 5.74) is 0. The fourth-order valence-electron chi connectivity index (χ4n) is 0.953. The van der Waals surface area contributed by atoms with Crippen molar-refractivity contribution < 1.29 is 4.74 Å². The first-order valence-corrected chi connectivity index (χ1v) is 4.27. The third kappa shape index (κ3) is 7.42. The summed E-state index contributed by atoms with van der Waals surface area (Å²) in [5.74, 6) is 2.64. The molecule has 0 amide bonds. The fraction of sp³-hybridized carbons (Fsp3) is 0.800. The quantitative estimate of drug-likeness (QED) is 0.422. The first-order valence-electron chi connectivity index (χ1n) is 4.27. The largest absolute Gasteiger partial charge is 0.382 e. The molecule has 64 valence electrons. The monoisotopic (exact) mass is 154 g/mol. The molecule has 0 radical (unpaired) electrons. The highest BCUT2D eigenvalue weighted by Gasteiger charge is 1.97. The van der Waals surface area contributed by atoms with E-state index >= 15 is 0 Å². The summed E-state index contributed by atoms with van der Waals surface area (Å²) in [6.45, 7) is 2.10. The molecule has 0 aliphatic rings. The Balaban J connectivity index is 2.97. The second kappa shape index (κ2) is 7.63. The lowest BCUT2D eigenvalue weighted by Gasteiger charge is -2.07. The van der Waals surface area contributed by atoms with Crippen LogP contribution in [0, 0.1) is 12.3 Å². The Bertz CT molecular complexity index is 113. The number of hydrogen-bond acceptors (Lipinski definition) is 1. The van der Waals surface area contributed by atoms with Crippen molar-refractivity contribution in [1.29, 1.82) is 0 Å². The van der Waals surface area contributed by atoms with Crippen molar-refractivity contribution in [2.45, 2.75) is 45.1 Å². The van der Waals surface area contributed by atoms with Gasteiger partial charge in [-0.3, -0.25) is 0 Å². The van der Waals surface area contributed by atoms with Crippen LogP contribution in [0.5, 0.6) is 0 Å². The average Bonchev–Trinajstić information content (AvgIpc) is 2.04. The molecule has 0 spiro atoms. The summed E-state index contributed by atoms with van der Waals surface area (Å²) < 4.78 is 5.12. The van der Waals surface area contributed by atoms with Gasteiger partial charge >= 0.3 is 0 Å². The molecule has 1 heteroatoms. The topological polar surface area (TPSA) is 9.23 Å². The van der Waals surface area contributed by atoms with Crippen molar-refractivity contribution in [1.82, 2.24) is 0 Å². The molecule has 0 heterocycles. The maximum Gasteiger partial charge on any atom is 0.0543 e. The van der Waals surface area contributed by atoms with E-state index in [0.29, 0.717) is 6.10 Å². The smallest absolute Gasteiger partial charge is 0.0543 e. The first kappa shape index (κ1) is 10.5. The Labute approximate surface area is 70.1 Å². The van der Waals surface area contributed by atoms with Gasteiger partial charge in [0.1, 0.15) is 0 Å². The van der Waals surface area contributed by atoms with Crippen molar-refractivity contribution in [2.24, 2.45) is 0 Å². The Kier molecular flexibility index (Phi) is 7.29. The van der Waals surface area contributed by atoms with E-state index in [1.165, 1.54) is 12.8 Å². The van der Waals surface area contributed by atoms with Crippen molar-refractivity contribution in [3.05, 3.63) is 0 Å². The van der Waals surface area contributed by atoms with E-state index in [2.05, 4.69) is 12.8 Å². The van der Waals surface area contributed by atoms with Gasteiger partial charge < -0.3 is 4.74 Å². The molecule has 0 aromatic rings. The van der Waals surface area contributed by atoms with Crippen LogP contribution >= 0.6 is 0 Å². The SMILES string of the molecule is C#CCCCCCC(C)OC. The van der Waals surface area contributed by atoms with Crippen molar-refractivity contribution in [3.63, 3.8) is 0 Å². The maximum absolute atomic E-state index is 5.12. The van der Waals surface area contributed by atoms with Crippen LogP contribution in [0.3, 0.4) is 0 Å². The molecule has 0 aliphatic heterocycles. The predicted molar refractivity (Wildman–Crippen MR) is 48.4 cm³/mol. The lowest BCUT2D eigenvalue weighted by atomic mass is 10.1. The van der Waals surface area contributed by atoms with Crippen LogP contribution in [0.2, 0.25) is 0 Å². The van der Waals surface area contributed by atoms with Crippen LogP contribution in [-0.4, -0.2) is 13.2 Å². The zero-order valence-electron chi connectivity index (χ0n) is 7.60. The summed E-state index contributed by atoms with van der Waals surface area (Å²) in [7, 11) is 1.76. The van der Waals surface area contributed by atoms with E-state index in [4.69, 9.17) is 11.2 Å². The van der Waals surface area contributed by atoms with E-state index in [1.807, 2.05) is 0 Å². The minimum absolute atomic E-state index is 0.404. The summed E-state index contributed by atoms with van der Waals surface area (Å²) in [6.07, 6.45) is 11.2. The van der Waals surface area contributed by atoms with Gasteiger partial charge in [0, 0.05) is 13.5 Å². The molecule has 11 heavy (non-hydrogen) atoms. The zero-order chi connectivity index (χ0) is 8.53. The molecule has 0 N–H and O–H groups in total. The molecule has 0 saturated carbocycles. The van der Waals surface area contributed by atoms with Crippen LogP contribution in [0.4, 0.5) is 0 Å². The molecule has 0 saturated heterocycles. The van der Waals surface area contributed by atoms with Gasteiger partial charge in [-0.2, -0.15) is 0 Å². The molecule has 0 aliphatic carbocycles. The van der Waals surface area contributed by atoms with E-state index in [1.54, 1.807) is 7.11 Å². The Hall–Kier alpha value is -0.480. The van der Waals surface area contributed by atoms with Crippen molar-refractivity contribution >= 4 is 0 Å². The molecule has 0 rings (SSSR count). The van der Waals surface area contributed by atoms with E-state index < -0.39 is 0 Å². The molecule has 0 fully saturated rings. The number of methoxy groups -OCH3 is 1. The number of unbranched alkanes of at least 4 members (excludes halogenated alkanes) is 3. The molecule has 0 aromatic carbocycles. The molecular formula is C10H18O. The van der Waals surface area contributed by atoms with E-state index in [0.717, 1.165) is 19.3 Å². The number of hydrogen-bond donors (Lipinski definition) is 0. The summed E-state index contributed by atoms with van der Waals surface area (Å²) in [4.78, 5) is 0. The lowest BCUT2D eigenvalue weighted by molar-refractivity contribution is 0.108. The normalized spacial score (nSPS) is 12.5. The lowest BCUT2D eigenvalue weighted by Crippen LogP contribution is -2.03. The van der Waals surface area contributed by atoms with Crippen LogP contribution in [0.25, 0.3) is 0 Å². The van der Waals surface area contributed by atoms with Crippen LogP contribution < -0.4 is 0 Å². The predicted octanol–water partition coefficient (Wildman–Crippen LogP) is 2.61. The standard InChI is InChI=1S/C10H18O/c1-4-5-6-7-8-9-10(2)11-3/h1,10H,5-9H2,2-3H3. The molecule has 0 bridgehead atoms. The van der Waals surface area contributed by atoms with Gasteiger partial charge in [-0.1, -0.05) is 12.8 Å². The highest BCUT2D eigenvalue weighted by Crippen LogP contribution is 2.06. The molecule has 1 nitrogen and oxygen atoms in total. The zero-order valence-corrected chi connectivity index (χ0v) is 7.60. The highest BCUT2D eigenvalue weighted by molar-refractivity contribution is 4.82. The minimum atomic E-state index is 0.404. The Morgan fingerprint density at radius 2 is 2.09 bits per heavy atom. The minimum Gasteiger partial charge on any atom is -0.382 e. The summed E-state index contributed by atoms with van der Waals surface area (Å²) >= 11 is 0. The second-order valence-corrected chi connectivity index (χ2v) is 2.85. The number of ether oxygens (including phenoxy) is 1. The van der Waals surface area contributed by atoms with Crippen LogP contribution in [0.15, 0.2) is 0 Å². The fourth-order valence-corrected chi connectivity index (χ4v) is 0.953. The summed E-state index contributed by atoms with van der Waals surface area (Å²) in [6, 6.07) is 0. The first-order chi connectivity index (χ1) is 5.31. The van der Waals surface area contributed by atoms with Gasteiger partial charge in [0.15, 0.2) is 0 Å². The maximum atomic E-state index is 5.12. The van der Waals surface area contributed by atoms with Crippen molar-refractivity contribution in [2.75, 3.05) is 7.11 Å². The highest BCUT2D eigenvalue weighted by atomic mass is 16.5. The Morgan fingerprint density at radius 1 is 1.36 bits per heavy atom. The van der Waals surface area contributed by atoms with Gasteiger partial charge in [-0.15, -0.1) is 12.3 Å². The van der Waals surface area contributed by atoms with E-state index in [9.17, 15) is 0 Å². The van der Waals surface area contributed by atoms with Gasteiger partial charge in [0.25, 0.3) is 0 Å². The van der Waals surface area contributed by atoms with Gasteiger partial charge in [0.05, 0.1) is 6.10 Å². The third-order valence-corrected chi connectivity index (χ3v) is 1.83. The molecular weight excluding hydrogens is 136 g/mol. The third-order valence-electron chi connectivity index (χ3n) is 1.83. The van der Waals surface area contributed by atoms with Crippen LogP contribution in [0.1, 0.15) is 39.0 Å². The molecule has 1 unspecified atom stereocenters. The van der Waals surface area contributed by atoms with Gasteiger partial charge in [-0.05, 0) is 19.8 Å². The number of terminal acetylenes is 1. The van der Waals surface area contributed by atoms with Crippen LogP contribution in [-0.2, 0) is 4.74 Å². The number of rotatable bonds is 6. The van der Waals surface area contributed by atoms with E-state index in [-0.39, 0.29) is 0 Å². The molecule has 1 atom stereocenters.